The normalized spacial score (nSPS) is 18.2. The summed E-state index contributed by atoms with van der Waals surface area (Å²) in [6.07, 6.45) is 7.24. The van der Waals surface area contributed by atoms with E-state index in [-0.39, 0.29) is 23.3 Å². The first kappa shape index (κ1) is 22.5. The number of hydrogen-bond acceptors (Lipinski definition) is 6. The van der Waals surface area contributed by atoms with E-state index < -0.39 is 10.0 Å². The van der Waals surface area contributed by atoms with Crippen molar-refractivity contribution in [3.05, 3.63) is 45.3 Å². The largest absolute Gasteiger partial charge is 0.364 e. The average molecular weight is 484 g/mol. The number of carbonyl (C=O) groups is 1. The number of H-pyrrole nitrogens is 1. The molecule has 10 heteroatoms. The maximum atomic E-state index is 13.2. The Labute approximate surface area is 198 Å². The van der Waals surface area contributed by atoms with Gasteiger partial charge in [0.05, 0.1) is 22.7 Å². The van der Waals surface area contributed by atoms with E-state index >= 15 is 0 Å². The molecule has 1 aliphatic carbocycles. The fourth-order valence-corrected chi connectivity index (χ4v) is 5.89. The molecule has 4 aliphatic heterocycles. The fraction of sp³-hybridized carbons (Fsp3) is 0.417. The Morgan fingerprint density at radius 2 is 1.94 bits per heavy atom. The summed E-state index contributed by atoms with van der Waals surface area (Å²) in [5.74, 6) is 0.0553. The number of hydrogen-bond donors (Lipinski definition) is 2. The zero-order valence-corrected chi connectivity index (χ0v) is 20.4. The molecular formula is C24H29N5O4S. The van der Waals surface area contributed by atoms with Crippen LogP contribution in [0.3, 0.4) is 0 Å². The Balaban J connectivity index is 1.68. The predicted octanol–water partition coefficient (Wildman–Crippen LogP) is 0.102. The molecule has 2 N–H and O–H groups in total. The summed E-state index contributed by atoms with van der Waals surface area (Å²) in [5.41, 5.74) is 3.28. The van der Waals surface area contributed by atoms with Crippen LogP contribution in [-0.4, -0.2) is 62.7 Å². The van der Waals surface area contributed by atoms with Crippen LogP contribution < -0.4 is 30.6 Å². The average Bonchev–Trinajstić information content (AvgIpc) is 3.02. The molecule has 0 unspecified atom stereocenters. The highest BCUT2D eigenvalue weighted by atomic mass is 32.2. The lowest BCUT2D eigenvalue weighted by Gasteiger charge is -2.40. The van der Waals surface area contributed by atoms with Crippen LogP contribution in [0.4, 0.5) is 11.4 Å². The minimum atomic E-state index is -3.49. The molecule has 5 aliphatic rings. The highest BCUT2D eigenvalue weighted by molar-refractivity contribution is 7.89. The van der Waals surface area contributed by atoms with Gasteiger partial charge in [0.1, 0.15) is 0 Å². The first-order valence-electron chi connectivity index (χ1n) is 11.6. The Bertz CT molecular complexity index is 1450. The van der Waals surface area contributed by atoms with Crippen molar-refractivity contribution in [2.45, 2.75) is 32.7 Å². The number of rotatable bonds is 4. The Hall–Kier alpha value is -3.27. The van der Waals surface area contributed by atoms with Crippen molar-refractivity contribution >= 4 is 39.1 Å². The number of sulfonamides is 1. The summed E-state index contributed by atoms with van der Waals surface area (Å²) in [6, 6.07) is 4.14. The Morgan fingerprint density at radius 1 is 1.21 bits per heavy atom. The molecule has 0 radical (unpaired) electrons. The van der Waals surface area contributed by atoms with Crippen molar-refractivity contribution in [1.82, 2.24) is 14.6 Å². The molecule has 1 amide bonds. The SMILES string of the molecule is CCS(=O)(=O)NC1=c2ccc3c4c([nH]c(=O)c-4c2N(C)C=C1)=CCN3C1CCN(C(C)=O)CC1. The molecule has 0 aromatic heterocycles. The number of fused-ring (bicyclic) bond motifs is 2. The van der Waals surface area contributed by atoms with Gasteiger partial charge in [-0.1, -0.05) is 0 Å². The molecule has 0 aromatic carbocycles. The highest BCUT2D eigenvalue weighted by Gasteiger charge is 2.32. The summed E-state index contributed by atoms with van der Waals surface area (Å²) in [5, 5.41) is 1.46. The molecule has 1 saturated heterocycles. The number of aromatic amines is 1. The molecule has 0 spiro atoms. The smallest absolute Gasteiger partial charge is 0.258 e. The molecule has 0 atom stereocenters. The molecule has 9 nitrogen and oxygen atoms in total. The van der Waals surface area contributed by atoms with E-state index in [1.54, 1.807) is 26.1 Å². The van der Waals surface area contributed by atoms with E-state index in [0.717, 1.165) is 29.4 Å². The molecule has 0 saturated carbocycles. The van der Waals surface area contributed by atoms with Crippen LogP contribution in [0.25, 0.3) is 22.9 Å². The van der Waals surface area contributed by atoms with E-state index in [9.17, 15) is 18.0 Å². The fourth-order valence-electron chi connectivity index (χ4n) is 5.23. The maximum absolute atomic E-state index is 13.2. The number of nitrogens with zero attached hydrogens (tertiary/aromatic N) is 3. The minimum Gasteiger partial charge on any atom is -0.364 e. The summed E-state index contributed by atoms with van der Waals surface area (Å²) >= 11 is 0. The standard InChI is InChI=1S/C24H29N5O4S/c1-4-34(32,33)26-18-9-11-27(3)23-17(18)5-6-20-21-19(25-24(31)22(21)23)10-14-29(20)16-7-12-28(13-8-16)15(2)30/h5-6,9-11,16,26H,4,7-8,12-14H2,1-3H3,(H,25,31). The third kappa shape index (κ3) is 3.66. The van der Waals surface area contributed by atoms with Crippen LogP contribution in [0.5, 0.6) is 0 Å². The predicted molar refractivity (Wildman–Crippen MR) is 134 cm³/mol. The van der Waals surface area contributed by atoms with Gasteiger partial charge in [-0.3, -0.25) is 14.3 Å². The van der Waals surface area contributed by atoms with E-state index in [0.29, 0.717) is 41.8 Å². The topological polar surface area (TPSA) is 106 Å². The van der Waals surface area contributed by atoms with Gasteiger partial charge in [-0.25, -0.2) is 8.42 Å². The lowest BCUT2D eigenvalue weighted by atomic mass is 9.98. The molecular weight excluding hydrogens is 454 g/mol. The summed E-state index contributed by atoms with van der Waals surface area (Å²) in [6.45, 7) is 5.28. The van der Waals surface area contributed by atoms with Gasteiger partial charge in [0.2, 0.25) is 15.9 Å². The maximum Gasteiger partial charge on any atom is 0.258 e. The monoisotopic (exact) mass is 483 g/mol. The van der Waals surface area contributed by atoms with Crippen molar-refractivity contribution in [3.8, 4) is 11.1 Å². The second-order valence-corrected chi connectivity index (χ2v) is 11.0. The van der Waals surface area contributed by atoms with E-state index in [2.05, 4.69) is 14.6 Å². The van der Waals surface area contributed by atoms with Crippen LogP contribution in [-0.2, 0) is 14.8 Å². The highest BCUT2D eigenvalue weighted by Crippen LogP contribution is 2.36. The summed E-state index contributed by atoms with van der Waals surface area (Å²) in [7, 11) is -1.64. The number of amides is 1. The second-order valence-electron chi connectivity index (χ2n) is 9.04. The van der Waals surface area contributed by atoms with Crippen LogP contribution in [0.1, 0.15) is 26.7 Å². The van der Waals surface area contributed by atoms with Gasteiger partial charge in [-0.15, -0.1) is 0 Å². The number of nitrogens with one attached hydrogen (secondary N) is 2. The van der Waals surface area contributed by atoms with Gasteiger partial charge in [0.15, 0.2) is 0 Å². The van der Waals surface area contributed by atoms with Crippen LogP contribution in [0, 0.1) is 0 Å². The van der Waals surface area contributed by atoms with Crippen LogP contribution >= 0.6 is 0 Å². The number of aromatic nitrogens is 1. The zero-order chi connectivity index (χ0) is 24.2. The Kier molecular flexibility index (Phi) is 5.43. The quantitative estimate of drug-likeness (QED) is 0.639. The van der Waals surface area contributed by atoms with Gasteiger partial charge in [-0.2, -0.15) is 0 Å². The third-order valence-corrected chi connectivity index (χ3v) is 8.35. The molecule has 0 aromatic rings. The molecule has 1 fully saturated rings. The van der Waals surface area contributed by atoms with Crippen molar-refractivity contribution in [2.24, 2.45) is 0 Å². The van der Waals surface area contributed by atoms with E-state index in [4.69, 9.17) is 0 Å². The van der Waals surface area contributed by atoms with Gasteiger partial charge in [0.25, 0.3) is 5.56 Å². The number of anilines is 2. The molecule has 4 heterocycles. The van der Waals surface area contributed by atoms with Crippen molar-refractivity contribution in [1.29, 1.82) is 0 Å². The summed E-state index contributed by atoms with van der Waals surface area (Å²) in [4.78, 5) is 34.0. The minimum absolute atomic E-state index is 0.0437. The van der Waals surface area contributed by atoms with Gasteiger partial charge < -0.3 is 19.7 Å². The van der Waals surface area contributed by atoms with Gasteiger partial charge >= 0.3 is 0 Å². The summed E-state index contributed by atoms with van der Waals surface area (Å²) < 4.78 is 27.4. The van der Waals surface area contributed by atoms with E-state index in [1.165, 1.54) is 0 Å². The third-order valence-electron chi connectivity index (χ3n) is 7.06. The Morgan fingerprint density at radius 3 is 2.62 bits per heavy atom. The van der Waals surface area contributed by atoms with Crippen LogP contribution in [0.2, 0.25) is 0 Å². The van der Waals surface area contributed by atoms with E-state index in [1.807, 2.05) is 35.1 Å². The van der Waals surface area contributed by atoms with Crippen molar-refractivity contribution < 1.29 is 13.2 Å². The lowest BCUT2D eigenvalue weighted by Crippen LogP contribution is -2.47. The molecule has 180 valence electrons. The van der Waals surface area contributed by atoms with Gasteiger partial charge in [0, 0.05) is 67.7 Å². The number of piperidine rings is 1. The van der Waals surface area contributed by atoms with Gasteiger partial charge in [-0.05, 0) is 44.1 Å². The zero-order valence-electron chi connectivity index (χ0n) is 19.6. The lowest BCUT2D eigenvalue weighted by molar-refractivity contribution is -0.129. The second kappa shape index (κ2) is 8.19. The number of likely N-dealkylation sites (tertiary alicyclic amines) is 1. The van der Waals surface area contributed by atoms with Crippen molar-refractivity contribution in [2.75, 3.05) is 42.2 Å². The molecule has 0 bridgehead atoms. The van der Waals surface area contributed by atoms with Crippen LogP contribution in [0.15, 0.2) is 29.2 Å². The van der Waals surface area contributed by atoms with Crippen molar-refractivity contribution in [3.63, 3.8) is 0 Å². The first-order chi connectivity index (χ1) is 16.2. The molecule has 5 rings (SSSR count). The first-order valence-corrected chi connectivity index (χ1v) is 13.2. The molecule has 34 heavy (non-hydrogen) atoms. The number of carbonyl (C=O) groups excluding carboxylic acids is 1.